The second-order valence-corrected chi connectivity index (χ2v) is 2.68. The summed E-state index contributed by atoms with van der Waals surface area (Å²) in [4.78, 5) is 0. The van der Waals surface area contributed by atoms with Crippen LogP contribution in [0.1, 0.15) is 12.6 Å². The minimum absolute atomic E-state index is 0.0357. The topological polar surface area (TPSA) is 41.6 Å². The van der Waals surface area contributed by atoms with Crippen LogP contribution in [0.2, 0.25) is 0 Å². The van der Waals surface area contributed by atoms with Crippen molar-refractivity contribution in [1.29, 1.82) is 5.26 Å². The zero-order valence-electron chi connectivity index (χ0n) is 6.78. The highest BCUT2D eigenvalue weighted by molar-refractivity contribution is 4.97. The molecule has 0 saturated heterocycles. The quantitative estimate of drug-likeness (QED) is 0.637. The van der Waals surface area contributed by atoms with Crippen LogP contribution in [0.3, 0.4) is 0 Å². The van der Waals surface area contributed by atoms with Gasteiger partial charge >= 0.3 is 0 Å². The van der Waals surface area contributed by atoms with Crippen LogP contribution in [0, 0.1) is 24.2 Å². The van der Waals surface area contributed by atoms with Gasteiger partial charge in [0.2, 0.25) is 0 Å². The molecule has 0 amide bonds. The maximum Gasteiger partial charge on any atom is 0.0672 e. The molecule has 1 unspecified atom stereocenters. The van der Waals surface area contributed by atoms with E-state index in [4.69, 9.17) is 5.26 Å². The Bertz CT molecular complexity index is 269. The summed E-state index contributed by atoms with van der Waals surface area (Å²) >= 11 is 0. The SMILES string of the molecule is Cc1ccnn1CC(C)C#N. The van der Waals surface area contributed by atoms with Gasteiger partial charge in [-0.15, -0.1) is 0 Å². The Balaban J connectivity index is 2.66. The van der Waals surface area contributed by atoms with Gasteiger partial charge in [0.25, 0.3) is 0 Å². The molecule has 11 heavy (non-hydrogen) atoms. The van der Waals surface area contributed by atoms with E-state index in [2.05, 4.69) is 11.2 Å². The summed E-state index contributed by atoms with van der Waals surface area (Å²) in [5.41, 5.74) is 1.10. The van der Waals surface area contributed by atoms with E-state index in [9.17, 15) is 0 Å². The second kappa shape index (κ2) is 3.20. The average molecular weight is 149 g/mol. The lowest BCUT2D eigenvalue weighted by molar-refractivity contribution is 0.518. The zero-order valence-corrected chi connectivity index (χ0v) is 6.78. The molecule has 0 saturated carbocycles. The molecule has 1 aromatic heterocycles. The Morgan fingerprint density at radius 2 is 2.55 bits per heavy atom. The van der Waals surface area contributed by atoms with E-state index in [1.54, 1.807) is 6.20 Å². The van der Waals surface area contributed by atoms with Crippen LogP contribution in [0.4, 0.5) is 0 Å². The number of hydrogen-bond donors (Lipinski definition) is 0. The predicted octanol–water partition coefficient (Wildman–Crippen LogP) is 1.35. The molecule has 1 rings (SSSR count). The highest BCUT2D eigenvalue weighted by Gasteiger charge is 2.02. The minimum Gasteiger partial charge on any atom is -0.269 e. The molecule has 0 bridgehead atoms. The summed E-state index contributed by atoms with van der Waals surface area (Å²) in [6.45, 7) is 4.56. The van der Waals surface area contributed by atoms with Gasteiger partial charge in [-0.3, -0.25) is 4.68 Å². The van der Waals surface area contributed by atoms with E-state index >= 15 is 0 Å². The Kier molecular flexibility index (Phi) is 2.27. The van der Waals surface area contributed by atoms with E-state index in [1.165, 1.54) is 0 Å². The molecule has 1 heterocycles. The van der Waals surface area contributed by atoms with Crippen LogP contribution >= 0.6 is 0 Å². The van der Waals surface area contributed by atoms with E-state index in [0.717, 1.165) is 5.69 Å². The fourth-order valence-corrected chi connectivity index (χ4v) is 0.890. The summed E-state index contributed by atoms with van der Waals surface area (Å²) in [6, 6.07) is 4.10. The first kappa shape index (κ1) is 7.80. The standard InChI is InChI=1S/C8H11N3/c1-7(5-9)6-11-8(2)3-4-10-11/h3-4,7H,6H2,1-2H3. The molecule has 1 atom stereocenters. The molecule has 3 nitrogen and oxygen atoms in total. The van der Waals surface area contributed by atoms with Crippen LogP contribution in [0.25, 0.3) is 0 Å². The van der Waals surface area contributed by atoms with E-state index in [0.29, 0.717) is 6.54 Å². The fourth-order valence-electron chi connectivity index (χ4n) is 0.890. The smallest absolute Gasteiger partial charge is 0.0672 e. The molecule has 0 aliphatic carbocycles. The first-order valence-electron chi connectivity index (χ1n) is 3.62. The van der Waals surface area contributed by atoms with Crippen molar-refractivity contribution in [3.05, 3.63) is 18.0 Å². The van der Waals surface area contributed by atoms with Gasteiger partial charge < -0.3 is 0 Å². The van der Waals surface area contributed by atoms with Gasteiger partial charge in [0, 0.05) is 11.9 Å². The summed E-state index contributed by atoms with van der Waals surface area (Å²) in [5, 5.41) is 12.6. The zero-order chi connectivity index (χ0) is 8.27. The van der Waals surface area contributed by atoms with Crippen LogP contribution in [0.5, 0.6) is 0 Å². The Morgan fingerprint density at radius 1 is 1.82 bits per heavy atom. The number of nitrogens with zero attached hydrogens (tertiary/aromatic N) is 3. The summed E-state index contributed by atoms with van der Waals surface area (Å²) in [5.74, 6) is 0.0357. The maximum absolute atomic E-state index is 8.53. The van der Waals surface area contributed by atoms with Gasteiger partial charge in [0.1, 0.15) is 0 Å². The number of rotatable bonds is 2. The van der Waals surface area contributed by atoms with Crippen molar-refractivity contribution < 1.29 is 0 Å². The van der Waals surface area contributed by atoms with Crippen molar-refractivity contribution in [3.8, 4) is 6.07 Å². The van der Waals surface area contributed by atoms with Gasteiger partial charge in [0.05, 0.1) is 18.5 Å². The molecule has 0 aliphatic rings. The highest BCUT2D eigenvalue weighted by Crippen LogP contribution is 2.01. The third-order valence-corrected chi connectivity index (χ3v) is 1.60. The first-order valence-corrected chi connectivity index (χ1v) is 3.62. The van der Waals surface area contributed by atoms with Crippen molar-refractivity contribution in [1.82, 2.24) is 9.78 Å². The summed E-state index contributed by atoms with van der Waals surface area (Å²) in [6.07, 6.45) is 1.75. The number of hydrogen-bond acceptors (Lipinski definition) is 2. The Morgan fingerprint density at radius 3 is 3.00 bits per heavy atom. The molecule has 58 valence electrons. The number of aromatic nitrogens is 2. The molecule has 0 aromatic carbocycles. The fraction of sp³-hybridized carbons (Fsp3) is 0.500. The Hall–Kier alpha value is -1.30. The third-order valence-electron chi connectivity index (χ3n) is 1.60. The molecule has 3 heteroatoms. The van der Waals surface area contributed by atoms with Gasteiger partial charge in [-0.25, -0.2) is 0 Å². The average Bonchev–Trinajstić information content (AvgIpc) is 2.37. The predicted molar refractivity (Wildman–Crippen MR) is 41.7 cm³/mol. The van der Waals surface area contributed by atoms with Crippen molar-refractivity contribution >= 4 is 0 Å². The van der Waals surface area contributed by atoms with Gasteiger partial charge in [0.15, 0.2) is 0 Å². The van der Waals surface area contributed by atoms with Crippen LogP contribution in [-0.2, 0) is 6.54 Å². The lowest BCUT2D eigenvalue weighted by atomic mass is 10.2. The maximum atomic E-state index is 8.53. The van der Waals surface area contributed by atoms with E-state index in [-0.39, 0.29) is 5.92 Å². The van der Waals surface area contributed by atoms with Gasteiger partial charge in [-0.2, -0.15) is 10.4 Å². The monoisotopic (exact) mass is 149 g/mol. The summed E-state index contributed by atoms with van der Waals surface area (Å²) in [7, 11) is 0. The molecule has 0 spiro atoms. The lowest BCUT2D eigenvalue weighted by Crippen LogP contribution is -2.08. The van der Waals surface area contributed by atoms with Crippen LogP contribution in [-0.4, -0.2) is 9.78 Å². The van der Waals surface area contributed by atoms with Crippen LogP contribution < -0.4 is 0 Å². The van der Waals surface area contributed by atoms with Gasteiger partial charge in [-0.1, -0.05) is 0 Å². The highest BCUT2D eigenvalue weighted by atomic mass is 15.3. The molecule has 0 N–H and O–H groups in total. The molecule has 0 aliphatic heterocycles. The Labute approximate surface area is 66.3 Å². The minimum atomic E-state index is 0.0357. The number of aryl methyl sites for hydroxylation is 1. The largest absolute Gasteiger partial charge is 0.269 e. The first-order chi connectivity index (χ1) is 5.24. The normalized spacial score (nSPS) is 12.5. The summed E-state index contributed by atoms with van der Waals surface area (Å²) < 4.78 is 1.84. The molecule has 0 radical (unpaired) electrons. The molecular weight excluding hydrogens is 138 g/mol. The molecular formula is C8H11N3. The molecule has 1 aromatic rings. The van der Waals surface area contributed by atoms with E-state index in [1.807, 2.05) is 24.6 Å². The van der Waals surface area contributed by atoms with Crippen molar-refractivity contribution in [3.63, 3.8) is 0 Å². The van der Waals surface area contributed by atoms with E-state index < -0.39 is 0 Å². The third kappa shape index (κ3) is 1.81. The number of nitriles is 1. The second-order valence-electron chi connectivity index (χ2n) is 2.68. The van der Waals surface area contributed by atoms with Crippen molar-refractivity contribution in [2.45, 2.75) is 20.4 Å². The van der Waals surface area contributed by atoms with Crippen molar-refractivity contribution in [2.75, 3.05) is 0 Å². The van der Waals surface area contributed by atoms with Crippen molar-refractivity contribution in [2.24, 2.45) is 5.92 Å². The van der Waals surface area contributed by atoms with Gasteiger partial charge in [-0.05, 0) is 19.9 Å². The molecule has 0 fully saturated rings. The van der Waals surface area contributed by atoms with Crippen LogP contribution in [0.15, 0.2) is 12.3 Å². The lowest BCUT2D eigenvalue weighted by Gasteiger charge is -2.04.